The van der Waals surface area contributed by atoms with Gasteiger partial charge in [0.25, 0.3) is 0 Å². The predicted octanol–water partition coefficient (Wildman–Crippen LogP) is 4.28. The fourth-order valence-corrected chi connectivity index (χ4v) is 2.14. The van der Waals surface area contributed by atoms with Crippen LogP contribution in [0.3, 0.4) is 0 Å². The molecule has 3 heteroatoms. The molecule has 0 saturated carbocycles. The maximum absolute atomic E-state index is 4.27. The Morgan fingerprint density at radius 3 is 2.50 bits per heavy atom. The van der Waals surface area contributed by atoms with E-state index in [1.165, 1.54) is 32.1 Å². The normalized spacial score (nSPS) is 12.2. The second kappa shape index (κ2) is 8.78. The Kier molecular flexibility index (Phi) is 7.23. The summed E-state index contributed by atoms with van der Waals surface area (Å²) in [5.74, 6) is 0. The zero-order chi connectivity index (χ0) is 13.2. The minimum atomic E-state index is 0.577. The summed E-state index contributed by atoms with van der Waals surface area (Å²) in [6.07, 6.45) is 10.0. The van der Waals surface area contributed by atoms with Crippen molar-refractivity contribution >= 4 is 11.4 Å². The highest BCUT2D eigenvalue weighted by atomic mass is 14.9. The maximum Gasteiger partial charge on any atom is 0.0549 e. The van der Waals surface area contributed by atoms with Gasteiger partial charge in [0.2, 0.25) is 0 Å². The zero-order valence-electron chi connectivity index (χ0n) is 12.0. The molecule has 0 saturated heterocycles. The first kappa shape index (κ1) is 14.8. The van der Waals surface area contributed by atoms with Gasteiger partial charge in [-0.1, -0.05) is 33.1 Å². The van der Waals surface area contributed by atoms with Gasteiger partial charge in [-0.3, -0.25) is 4.98 Å². The minimum Gasteiger partial charge on any atom is -0.384 e. The summed E-state index contributed by atoms with van der Waals surface area (Å²) in [7, 11) is 0. The van der Waals surface area contributed by atoms with Crippen molar-refractivity contribution in [2.75, 3.05) is 17.2 Å². The summed E-state index contributed by atoms with van der Waals surface area (Å²) in [4.78, 5) is 4.27. The maximum atomic E-state index is 4.27. The van der Waals surface area contributed by atoms with E-state index in [4.69, 9.17) is 0 Å². The number of nitrogens with one attached hydrogen (secondary N) is 2. The molecule has 0 aliphatic heterocycles. The van der Waals surface area contributed by atoms with Gasteiger partial charge in [0.05, 0.1) is 23.8 Å². The number of hydrogen-bond donors (Lipinski definition) is 2. The Morgan fingerprint density at radius 1 is 1.06 bits per heavy atom. The molecule has 18 heavy (non-hydrogen) atoms. The Morgan fingerprint density at radius 2 is 1.83 bits per heavy atom. The number of nitrogens with zero attached hydrogens (tertiary/aromatic N) is 1. The van der Waals surface area contributed by atoms with Gasteiger partial charge >= 0.3 is 0 Å². The summed E-state index contributed by atoms with van der Waals surface area (Å²) in [5.41, 5.74) is 2.22. The van der Waals surface area contributed by atoms with Crippen molar-refractivity contribution < 1.29 is 0 Å². The van der Waals surface area contributed by atoms with Gasteiger partial charge in [-0.05, 0) is 25.8 Å². The second-order valence-electron chi connectivity index (χ2n) is 4.76. The van der Waals surface area contributed by atoms with Crippen LogP contribution in [0.2, 0.25) is 0 Å². The zero-order valence-corrected chi connectivity index (χ0v) is 12.0. The largest absolute Gasteiger partial charge is 0.384 e. The van der Waals surface area contributed by atoms with Crippen LogP contribution in [0.5, 0.6) is 0 Å². The van der Waals surface area contributed by atoms with Crippen molar-refractivity contribution in [2.24, 2.45) is 0 Å². The molecule has 0 bridgehead atoms. The average molecular weight is 249 g/mol. The molecule has 0 amide bonds. The van der Waals surface area contributed by atoms with Crippen LogP contribution in [0.15, 0.2) is 18.5 Å². The highest BCUT2D eigenvalue weighted by Crippen LogP contribution is 2.17. The van der Waals surface area contributed by atoms with Crippen LogP contribution in [0, 0.1) is 0 Å². The fourth-order valence-electron chi connectivity index (χ4n) is 2.14. The monoisotopic (exact) mass is 249 g/mol. The lowest BCUT2D eigenvalue weighted by Gasteiger charge is -2.19. The van der Waals surface area contributed by atoms with E-state index in [1.54, 1.807) is 0 Å². The molecule has 0 radical (unpaired) electrons. The van der Waals surface area contributed by atoms with E-state index in [9.17, 15) is 0 Å². The van der Waals surface area contributed by atoms with Crippen LogP contribution < -0.4 is 10.6 Å². The van der Waals surface area contributed by atoms with Crippen molar-refractivity contribution in [1.29, 1.82) is 0 Å². The summed E-state index contributed by atoms with van der Waals surface area (Å²) in [6, 6.07) is 2.72. The lowest BCUT2D eigenvalue weighted by molar-refractivity contribution is 0.564. The molecular formula is C15H27N3. The van der Waals surface area contributed by atoms with Crippen LogP contribution in [0.25, 0.3) is 0 Å². The lowest BCUT2D eigenvalue weighted by Crippen LogP contribution is -2.19. The molecule has 2 N–H and O–H groups in total. The van der Waals surface area contributed by atoms with Crippen LogP contribution in [0.4, 0.5) is 11.4 Å². The van der Waals surface area contributed by atoms with E-state index in [0.29, 0.717) is 6.04 Å². The molecule has 1 atom stereocenters. The minimum absolute atomic E-state index is 0.577. The van der Waals surface area contributed by atoms with Gasteiger partial charge in [-0.15, -0.1) is 0 Å². The van der Waals surface area contributed by atoms with Gasteiger partial charge in [-0.25, -0.2) is 0 Å². The molecule has 1 unspecified atom stereocenters. The van der Waals surface area contributed by atoms with Crippen LogP contribution in [-0.2, 0) is 0 Å². The van der Waals surface area contributed by atoms with E-state index in [1.807, 2.05) is 12.4 Å². The first-order valence-electron chi connectivity index (χ1n) is 7.25. The number of unbranched alkanes of at least 4 members (excludes halogenated alkanes) is 1. The number of anilines is 2. The summed E-state index contributed by atoms with van der Waals surface area (Å²) < 4.78 is 0. The first-order chi connectivity index (χ1) is 8.80. The molecule has 0 aromatic carbocycles. The Bertz CT molecular complexity index is 325. The van der Waals surface area contributed by atoms with Gasteiger partial charge in [0.15, 0.2) is 0 Å². The third kappa shape index (κ3) is 5.39. The molecule has 102 valence electrons. The molecule has 3 nitrogen and oxygen atoms in total. The van der Waals surface area contributed by atoms with Crippen LogP contribution in [-0.4, -0.2) is 17.6 Å². The summed E-state index contributed by atoms with van der Waals surface area (Å²) in [6.45, 7) is 7.52. The Balaban J connectivity index is 2.58. The summed E-state index contributed by atoms with van der Waals surface area (Å²) in [5, 5.41) is 6.90. The average Bonchev–Trinajstić information content (AvgIpc) is 2.37. The van der Waals surface area contributed by atoms with E-state index >= 15 is 0 Å². The van der Waals surface area contributed by atoms with Crippen LogP contribution in [0.1, 0.15) is 52.9 Å². The molecule has 1 aromatic heterocycles. The van der Waals surface area contributed by atoms with Crippen molar-refractivity contribution in [3.8, 4) is 0 Å². The van der Waals surface area contributed by atoms with Gasteiger partial charge in [-0.2, -0.15) is 0 Å². The second-order valence-corrected chi connectivity index (χ2v) is 4.76. The smallest absolute Gasteiger partial charge is 0.0549 e. The molecule has 1 aromatic rings. The van der Waals surface area contributed by atoms with Gasteiger partial charge in [0.1, 0.15) is 0 Å². The van der Waals surface area contributed by atoms with E-state index in [-0.39, 0.29) is 0 Å². The molecule has 0 spiro atoms. The van der Waals surface area contributed by atoms with Crippen molar-refractivity contribution in [1.82, 2.24) is 4.98 Å². The number of pyridine rings is 1. The van der Waals surface area contributed by atoms with E-state index in [0.717, 1.165) is 17.9 Å². The molecule has 0 aliphatic rings. The molecule has 0 fully saturated rings. The van der Waals surface area contributed by atoms with Gasteiger partial charge < -0.3 is 10.6 Å². The standard InChI is InChI=1S/C15H27N3/c1-4-7-9-13(8-5-2)18-15-10-14(17-6-3)11-16-12-15/h10-13,17-18H,4-9H2,1-3H3. The van der Waals surface area contributed by atoms with Crippen LogP contribution >= 0.6 is 0 Å². The predicted molar refractivity (Wildman–Crippen MR) is 80.2 cm³/mol. The number of hydrogen-bond acceptors (Lipinski definition) is 3. The molecule has 1 rings (SSSR count). The third-order valence-electron chi connectivity index (χ3n) is 3.03. The number of aromatic nitrogens is 1. The quantitative estimate of drug-likeness (QED) is 0.685. The molecule has 1 heterocycles. The lowest BCUT2D eigenvalue weighted by atomic mass is 10.0. The molecule has 0 aliphatic carbocycles. The topological polar surface area (TPSA) is 37.0 Å². The van der Waals surface area contributed by atoms with Crippen molar-refractivity contribution in [3.05, 3.63) is 18.5 Å². The SMILES string of the molecule is CCCCC(CCC)Nc1cncc(NCC)c1. The fraction of sp³-hybridized carbons (Fsp3) is 0.667. The van der Waals surface area contributed by atoms with Gasteiger partial charge in [0, 0.05) is 12.6 Å². The highest BCUT2D eigenvalue weighted by molar-refractivity contribution is 5.54. The van der Waals surface area contributed by atoms with Crippen molar-refractivity contribution in [3.63, 3.8) is 0 Å². The van der Waals surface area contributed by atoms with E-state index in [2.05, 4.69) is 42.5 Å². The molecular weight excluding hydrogens is 222 g/mol. The number of rotatable bonds is 9. The third-order valence-corrected chi connectivity index (χ3v) is 3.03. The van der Waals surface area contributed by atoms with Crippen molar-refractivity contribution in [2.45, 2.75) is 58.9 Å². The highest BCUT2D eigenvalue weighted by Gasteiger charge is 2.07. The first-order valence-corrected chi connectivity index (χ1v) is 7.25. The van der Waals surface area contributed by atoms with E-state index < -0.39 is 0 Å². The Labute approximate surface area is 111 Å². The summed E-state index contributed by atoms with van der Waals surface area (Å²) >= 11 is 0. The Hall–Kier alpha value is -1.25.